The van der Waals surface area contributed by atoms with Crippen molar-refractivity contribution in [2.75, 3.05) is 13.1 Å². The first-order valence-corrected chi connectivity index (χ1v) is 9.20. The number of carbonyl (C=O) groups is 1. The van der Waals surface area contributed by atoms with Crippen molar-refractivity contribution in [3.8, 4) is 5.88 Å². The minimum absolute atomic E-state index is 0.0384. The molecule has 0 unspecified atom stereocenters. The van der Waals surface area contributed by atoms with Crippen LogP contribution in [-0.2, 0) is 25.4 Å². The highest BCUT2D eigenvalue weighted by molar-refractivity contribution is 5.79. The topological polar surface area (TPSA) is 117 Å². The van der Waals surface area contributed by atoms with E-state index in [2.05, 4.69) is 15.0 Å². The monoisotopic (exact) mass is 399 g/mol. The molecule has 4 heterocycles. The van der Waals surface area contributed by atoms with E-state index in [1.807, 2.05) is 0 Å². The summed E-state index contributed by atoms with van der Waals surface area (Å²) in [5.74, 6) is 0.961. The highest BCUT2D eigenvalue weighted by atomic mass is 16.5. The molecule has 11 nitrogen and oxygen atoms in total. The van der Waals surface area contributed by atoms with Crippen LogP contribution in [0.3, 0.4) is 0 Å². The quantitative estimate of drug-likeness (QED) is 0.564. The number of rotatable bonds is 4. The lowest BCUT2D eigenvalue weighted by molar-refractivity contribution is -0.131. The van der Waals surface area contributed by atoms with E-state index in [0.717, 1.165) is 4.57 Å². The molecule has 1 fully saturated rings. The zero-order valence-electron chi connectivity index (χ0n) is 16.4. The normalized spacial score (nSPS) is 16.5. The average molecular weight is 399 g/mol. The fourth-order valence-electron chi connectivity index (χ4n) is 3.48. The predicted molar refractivity (Wildman–Crippen MR) is 103 cm³/mol. The molecule has 0 N–H and O–H groups in total. The summed E-state index contributed by atoms with van der Waals surface area (Å²) in [6.07, 6.45) is 3.59. The van der Waals surface area contributed by atoms with E-state index in [9.17, 15) is 14.4 Å². The molecular weight excluding hydrogens is 378 g/mol. The van der Waals surface area contributed by atoms with Crippen LogP contribution in [0, 0.1) is 6.92 Å². The highest BCUT2D eigenvalue weighted by Crippen LogP contribution is 2.17. The smallest absolute Gasteiger partial charge is 0.332 e. The maximum absolute atomic E-state index is 12.8. The Morgan fingerprint density at radius 3 is 2.79 bits per heavy atom. The number of imidazole rings is 1. The second kappa shape index (κ2) is 7.15. The predicted octanol–water partition coefficient (Wildman–Crippen LogP) is -0.788. The van der Waals surface area contributed by atoms with Gasteiger partial charge in [0.05, 0.1) is 12.9 Å². The number of aromatic nitrogens is 6. The third kappa shape index (κ3) is 3.39. The Kier molecular flexibility index (Phi) is 4.65. The third-order valence-corrected chi connectivity index (χ3v) is 5.06. The first kappa shape index (κ1) is 18.8. The zero-order chi connectivity index (χ0) is 20.7. The molecule has 0 spiro atoms. The molecule has 0 bridgehead atoms. The Balaban J connectivity index is 1.49. The van der Waals surface area contributed by atoms with Crippen molar-refractivity contribution in [1.29, 1.82) is 0 Å². The summed E-state index contributed by atoms with van der Waals surface area (Å²) in [4.78, 5) is 51.4. The lowest BCUT2D eigenvalue weighted by Crippen LogP contribution is -2.38. The van der Waals surface area contributed by atoms with Crippen LogP contribution in [0.15, 0.2) is 28.2 Å². The van der Waals surface area contributed by atoms with Gasteiger partial charge in [-0.15, -0.1) is 0 Å². The van der Waals surface area contributed by atoms with E-state index in [0.29, 0.717) is 31.2 Å². The van der Waals surface area contributed by atoms with E-state index in [1.54, 1.807) is 31.1 Å². The van der Waals surface area contributed by atoms with Crippen molar-refractivity contribution in [3.63, 3.8) is 0 Å². The molecule has 4 rings (SSSR count). The number of ether oxygens (including phenoxy) is 1. The minimum atomic E-state index is -0.477. The van der Waals surface area contributed by atoms with Gasteiger partial charge in [0.15, 0.2) is 11.2 Å². The number of aryl methyl sites for hydroxylation is 2. The molecule has 0 aromatic carbocycles. The van der Waals surface area contributed by atoms with Crippen LogP contribution in [0.25, 0.3) is 11.2 Å². The Hall–Kier alpha value is -3.50. The van der Waals surface area contributed by atoms with Crippen molar-refractivity contribution in [2.24, 2.45) is 14.1 Å². The number of hydrogen-bond acceptors (Lipinski definition) is 7. The molecule has 1 amide bonds. The zero-order valence-corrected chi connectivity index (χ0v) is 16.4. The highest BCUT2D eigenvalue weighted by Gasteiger charge is 2.28. The van der Waals surface area contributed by atoms with Crippen molar-refractivity contribution in [3.05, 3.63) is 45.3 Å². The summed E-state index contributed by atoms with van der Waals surface area (Å²) in [5, 5.41) is 0. The van der Waals surface area contributed by atoms with Crippen LogP contribution >= 0.6 is 0 Å². The maximum atomic E-state index is 12.8. The van der Waals surface area contributed by atoms with Crippen molar-refractivity contribution < 1.29 is 9.53 Å². The molecule has 3 aromatic heterocycles. The molecule has 3 aromatic rings. The largest absolute Gasteiger partial charge is 0.472 e. The lowest BCUT2D eigenvalue weighted by Gasteiger charge is -2.17. The van der Waals surface area contributed by atoms with Gasteiger partial charge in [-0.3, -0.25) is 18.7 Å². The Labute approximate surface area is 165 Å². The molecule has 11 heteroatoms. The molecule has 1 aliphatic heterocycles. The summed E-state index contributed by atoms with van der Waals surface area (Å²) >= 11 is 0. The van der Waals surface area contributed by atoms with Crippen LogP contribution < -0.4 is 16.0 Å². The molecule has 0 aliphatic carbocycles. The van der Waals surface area contributed by atoms with Gasteiger partial charge in [0.2, 0.25) is 11.8 Å². The molecule has 1 saturated heterocycles. The maximum Gasteiger partial charge on any atom is 0.332 e. The van der Waals surface area contributed by atoms with Crippen LogP contribution in [0.1, 0.15) is 12.2 Å². The summed E-state index contributed by atoms with van der Waals surface area (Å²) < 4.78 is 9.64. The fourth-order valence-corrected chi connectivity index (χ4v) is 3.48. The lowest BCUT2D eigenvalue weighted by atomic mass is 10.3. The van der Waals surface area contributed by atoms with Crippen LogP contribution in [-0.4, -0.2) is 58.7 Å². The molecule has 152 valence electrons. The van der Waals surface area contributed by atoms with Gasteiger partial charge in [-0.25, -0.2) is 14.8 Å². The average Bonchev–Trinajstić information content (AvgIpc) is 3.32. The van der Waals surface area contributed by atoms with E-state index in [4.69, 9.17) is 4.74 Å². The van der Waals surface area contributed by atoms with Gasteiger partial charge in [-0.05, 0) is 6.92 Å². The second-order valence-corrected chi connectivity index (χ2v) is 7.06. The third-order valence-electron chi connectivity index (χ3n) is 5.06. The van der Waals surface area contributed by atoms with E-state index in [-0.39, 0.29) is 29.7 Å². The number of carbonyl (C=O) groups excluding carboxylic acids is 1. The van der Waals surface area contributed by atoms with Crippen molar-refractivity contribution >= 4 is 17.1 Å². The van der Waals surface area contributed by atoms with Crippen molar-refractivity contribution in [1.82, 2.24) is 33.6 Å². The van der Waals surface area contributed by atoms with Crippen molar-refractivity contribution in [2.45, 2.75) is 26.0 Å². The van der Waals surface area contributed by atoms with Gasteiger partial charge >= 0.3 is 5.69 Å². The number of likely N-dealkylation sites (tertiary alicyclic amines) is 1. The van der Waals surface area contributed by atoms with Gasteiger partial charge in [0.25, 0.3) is 5.56 Å². The summed E-state index contributed by atoms with van der Waals surface area (Å²) in [6, 6.07) is 1.69. The summed E-state index contributed by atoms with van der Waals surface area (Å²) in [7, 11) is 2.95. The number of fused-ring (bicyclic) bond motifs is 1. The first-order valence-electron chi connectivity index (χ1n) is 9.20. The van der Waals surface area contributed by atoms with Crippen LogP contribution in [0.5, 0.6) is 5.88 Å². The second-order valence-electron chi connectivity index (χ2n) is 7.06. The fraction of sp³-hybridized carbons (Fsp3) is 0.444. The van der Waals surface area contributed by atoms with Gasteiger partial charge in [0.1, 0.15) is 18.5 Å². The van der Waals surface area contributed by atoms with Gasteiger partial charge < -0.3 is 14.2 Å². The van der Waals surface area contributed by atoms with Gasteiger partial charge in [-0.1, -0.05) is 0 Å². The number of hydrogen-bond donors (Lipinski definition) is 0. The molecule has 0 saturated carbocycles. The Morgan fingerprint density at radius 2 is 2.03 bits per heavy atom. The van der Waals surface area contributed by atoms with Gasteiger partial charge in [-0.2, -0.15) is 4.98 Å². The Bertz CT molecular complexity index is 1210. The van der Waals surface area contributed by atoms with Gasteiger partial charge in [0, 0.05) is 39.3 Å². The standard InChI is InChI=1S/C18H21N7O4/c1-11-19-6-4-13(21-11)29-12-5-7-24(8-12)14(26)9-25-10-20-16-15(25)17(27)23(3)18(28)22(16)2/h4,6,10,12H,5,7-9H2,1-3H3/t12-/m1/s1. The van der Waals surface area contributed by atoms with E-state index < -0.39 is 11.2 Å². The molecule has 0 radical (unpaired) electrons. The summed E-state index contributed by atoms with van der Waals surface area (Å²) in [6.45, 7) is 2.73. The molecular formula is C18H21N7O4. The number of nitrogens with zero attached hydrogens (tertiary/aromatic N) is 7. The summed E-state index contributed by atoms with van der Waals surface area (Å²) in [5.41, 5.74) is -0.451. The molecule has 29 heavy (non-hydrogen) atoms. The SMILES string of the molecule is Cc1nccc(O[C@@H]2CCN(C(=O)Cn3cnc4c3c(=O)n(C)c(=O)n4C)C2)n1. The molecule has 1 atom stereocenters. The van der Waals surface area contributed by atoms with E-state index >= 15 is 0 Å². The van der Waals surface area contributed by atoms with E-state index in [1.165, 1.54) is 22.5 Å². The van der Waals surface area contributed by atoms with Crippen LogP contribution in [0.2, 0.25) is 0 Å². The first-order chi connectivity index (χ1) is 13.8. The minimum Gasteiger partial charge on any atom is -0.472 e. The molecule has 1 aliphatic rings. The van der Waals surface area contributed by atoms with Crippen LogP contribution in [0.4, 0.5) is 0 Å². The Morgan fingerprint density at radius 1 is 1.24 bits per heavy atom. The number of amides is 1.